The molecule has 4 rings (SSSR count). The van der Waals surface area contributed by atoms with Crippen molar-refractivity contribution in [3.05, 3.63) is 0 Å². The number of hydrogen-bond acceptors (Lipinski definition) is 2. The summed E-state index contributed by atoms with van der Waals surface area (Å²) in [4.78, 5) is 0. The Balaban J connectivity index is 1.47. The van der Waals surface area contributed by atoms with Gasteiger partial charge in [-0.1, -0.05) is 53.9 Å². The summed E-state index contributed by atoms with van der Waals surface area (Å²) in [6.45, 7) is 12.6. The Labute approximate surface area is 180 Å². The van der Waals surface area contributed by atoms with Crippen molar-refractivity contribution < 1.29 is 5.11 Å². The highest BCUT2D eigenvalue weighted by atomic mass is 16.3. The van der Waals surface area contributed by atoms with Crippen LogP contribution in [0, 0.1) is 52.3 Å². The largest absolute Gasteiger partial charge is 0.392 e. The quantitative estimate of drug-likeness (QED) is 0.557. The lowest BCUT2D eigenvalue weighted by Gasteiger charge is -2.62. The van der Waals surface area contributed by atoms with Crippen LogP contribution in [0.25, 0.3) is 0 Å². The first-order chi connectivity index (χ1) is 13.7. The molecule has 10 atom stereocenters. The lowest BCUT2D eigenvalue weighted by molar-refractivity contribution is -0.133. The molecule has 4 saturated carbocycles. The Hall–Kier alpha value is -0.0800. The van der Waals surface area contributed by atoms with Gasteiger partial charge in [0.15, 0.2) is 0 Å². The molecule has 0 amide bonds. The predicted molar refractivity (Wildman–Crippen MR) is 122 cm³/mol. The zero-order chi connectivity index (χ0) is 21.0. The second-order valence-electron chi connectivity index (χ2n) is 12.9. The minimum atomic E-state index is -0.263. The fraction of sp³-hybridized carbons (Fsp3) is 1.00. The second kappa shape index (κ2) is 8.12. The molecule has 29 heavy (non-hydrogen) atoms. The van der Waals surface area contributed by atoms with E-state index in [0.29, 0.717) is 16.7 Å². The first-order valence-corrected chi connectivity index (χ1v) is 13.1. The normalized spacial score (nSPS) is 50.7. The fourth-order valence-corrected chi connectivity index (χ4v) is 9.37. The minimum absolute atomic E-state index is 0.000571. The van der Waals surface area contributed by atoms with Gasteiger partial charge in [0.2, 0.25) is 0 Å². The highest BCUT2D eigenvalue weighted by Crippen LogP contribution is 2.68. The van der Waals surface area contributed by atoms with E-state index in [1.54, 1.807) is 0 Å². The molecule has 3 unspecified atom stereocenters. The lowest BCUT2D eigenvalue weighted by atomic mass is 9.44. The predicted octanol–water partition coefficient (Wildman–Crippen LogP) is 6.41. The standard InChI is InChI=1S/C27H49NO/c1-17(2)7-6-8-18(3)21-11-12-22-20-10-9-19-15-25(29)24(28)16-27(19,5)23(20)13-14-26(21,22)4/h17-25,29H,6-16,28H2,1-5H3/t18-,19?,20+,21-,22+,23+,24?,25?,26-,27+/m1/s1. The van der Waals surface area contributed by atoms with Gasteiger partial charge in [-0.05, 0) is 104 Å². The van der Waals surface area contributed by atoms with Crippen molar-refractivity contribution in [2.24, 2.45) is 58.0 Å². The van der Waals surface area contributed by atoms with Gasteiger partial charge >= 0.3 is 0 Å². The third-order valence-corrected chi connectivity index (χ3v) is 11.0. The molecule has 4 fully saturated rings. The first-order valence-electron chi connectivity index (χ1n) is 13.1. The maximum absolute atomic E-state index is 10.4. The topological polar surface area (TPSA) is 46.2 Å². The van der Waals surface area contributed by atoms with Crippen molar-refractivity contribution >= 4 is 0 Å². The van der Waals surface area contributed by atoms with E-state index < -0.39 is 0 Å². The Bertz CT molecular complexity index is 575. The second-order valence-corrected chi connectivity index (χ2v) is 12.9. The molecule has 0 aromatic rings. The Morgan fingerprint density at radius 2 is 1.66 bits per heavy atom. The van der Waals surface area contributed by atoms with E-state index in [9.17, 15) is 5.11 Å². The number of rotatable bonds is 5. The highest BCUT2D eigenvalue weighted by molar-refractivity contribution is 5.10. The SMILES string of the molecule is CC(C)CCC[C@@H](C)[C@H]1CC[C@H]2[C@@H]3CCC4CC(O)C(N)C[C@]4(C)[C@H]3CC[C@]12C. The Morgan fingerprint density at radius 1 is 0.931 bits per heavy atom. The molecule has 4 aliphatic carbocycles. The molecule has 3 N–H and O–H groups in total. The van der Waals surface area contributed by atoms with Crippen LogP contribution in [-0.2, 0) is 0 Å². The number of hydrogen-bond donors (Lipinski definition) is 2. The molecule has 4 aliphatic rings. The number of nitrogens with two attached hydrogens (primary N) is 1. The molecular weight excluding hydrogens is 354 g/mol. The number of aliphatic hydroxyl groups is 1. The molecule has 2 nitrogen and oxygen atoms in total. The van der Waals surface area contributed by atoms with Crippen LogP contribution in [0.3, 0.4) is 0 Å². The third-order valence-electron chi connectivity index (χ3n) is 11.0. The number of aliphatic hydroxyl groups excluding tert-OH is 1. The van der Waals surface area contributed by atoms with Crippen LogP contribution in [0.2, 0.25) is 0 Å². The average molecular weight is 404 g/mol. The monoisotopic (exact) mass is 403 g/mol. The lowest BCUT2D eigenvalue weighted by Crippen LogP contribution is -2.58. The Kier molecular flexibility index (Phi) is 6.19. The first kappa shape index (κ1) is 22.1. The van der Waals surface area contributed by atoms with Gasteiger partial charge in [0.1, 0.15) is 0 Å². The van der Waals surface area contributed by atoms with Crippen molar-refractivity contribution in [3.8, 4) is 0 Å². The van der Waals surface area contributed by atoms with E-state index in [0.717, 1.165) is 48.3 Å². The van der Waals surface area contributed by atoms with Gasteiger partial charge in [-0.15, -0.1) is 0 Å². The smallest absolute Gasteiger partial charge is 0.0694 e. The van der Waals surface area contributed by atoms with E-state index in [2.05, 4.69) is 34.6 Å². The molecule has 0 heterocycles. The maximum Gasteiger partial charge on any atom is 0.0694 e. The van der Waals surface area contributed by atoms with Crippen molar-refractivity contribution in [1.29, 1.82) is 0 Å². The molecule has 0 aromatic heterocycles. The van der Waals surface area contributed by atoms with Crippen molar-refractivity contribution in [2.45, 2.75) is 117 Å². The third kappa shape index (κ3) is 3.73. The molecule has 2 heteroatoms. The van der Waals surface area contributed by atoms with Crippen molar-refractivity contribution in [2.75, 3.05) is 0 Å². The van der Waals surface area contributed by atoms with Crippen LogP contribution in [0.5, 0.6) is 0 Å². The van der Waals surface area contributed by atoms with E-state index >= 15 is 0 Å². The van der Waals surface area contributed by atoms with Gasteiger partial charge < -0.3 is 10.8 Å². The summed E-state index contributed by atoms with van der Waals surface area (Å²) in [5.74, 6) is 6.11. The molecule has 0 saturated heterocycles. The van der Waals surface area contributed by atoms with Gasteiger partial charge in [0.05, 0.1) is 6.10 Å². The van der Waals surface area contributed by atoms with Crippen molar-refractivity contribution in [1.82, 2.24) is 0 Å². The van der Waals surface area contributed by atoms with Crippen LogP contribution in [0.15, 0.2) is 0 Å². The summed E-state index contributed by atoms with van der Waals surface area (Å²) in [6.07, 6.45) is 14.6. The van der Waals surface area contributed by atoms with Gasteiger partial charge in [0.25, 0.3) is 0 Å². The minimum Gasteiger partial charge on any atom is -0.392 e. The highest BCUT2D eigenvalue weighted by Gasteiger charge is 2.61. The van der Waals surface area contributed by atoms with Gasteiger partial charge in [0, 0.05) is 6.04 Å². The van der Waals surface area contributed by atoms with E-state index in [4.69, 9.17) is 5.73 Å². The summed E-state index contributed by atoms with van der Waals surface area (Å²) < 4.78 is 0. The molecule has 168 valence electrons. The summed E-state index contributed by atoms with van der Waals surface area (Å²) >= 11 is 0. The van der Waals surface area contributed by atoms with Crippen LogP contribution >= 0.6 is 0 Å². The molecule has 0 aromatic carbocycles. The molecule has 0 bridgehead atoms. The molecule has 0 radical (unpaired) electrons. The van der Waals surface area contributed by atoms with E-state index in [1.165, 1.54) is 57.8 Å². The average Bonchev–Trinajstić information content (AvgIpc) is 3.00. The summed E-state index contributed by atoms with van der Waals surface area (Å²) in [5.41, 5.74) is 7.36. The zero-order valence-electron chi connectivity index (χ0n) is 20.0. The fourth-order valence-electron chi connectivity index (χ4n) is 9.37. The van der Waals surface area contributed by atoms with Crippen LogP contribution in [0.1, 0.15) is 105 Å². The van der Waals surface area contributed by atoms with Gasteiger partial charge in [-0.3, -0.25) is 0 Å². The van der Waals surface area contributed by atoms with E-state index in [1.807, 2.05) is 0 Å². The molecular formula is C27H49NO. The number of fused-ring (bicyclic) bond motifs is 5. The zero-order valence-corrected chi connectivity index (χ0v) is 20.0. The maximum atomic E-state index is 10.4. The van der Waals surface area contributed by atoms with Crippen LogP contribution < -0.4 is 5.73 Å². The van der Waals surface area contributed by atoms with Gasteiger partial charge in [-0.2, -0.15) is 0 Å². The van der Waals surface area contributed by atoms with Crippen LogP contribution in [-0.4, -0.2) is 17.3 Å². The summed E-state index contributed by atoms with van der Waals surface area (Å²) in [7, 11) is 0. The van der Waals surface area contributed by atoms with Crippen molar-refractivity contribution in [3.63, 3.8) is 0 Å². The summed E-state index contributed by atoms with van der Waals surface area (Å²) in [6, 6.07) is 0.000571. The van der Waals surface area contributed by atoms with E-state index in [-0.39, 0.29) is 12.1 Å². The van der Waals surface area contributed by atoms with Gasteiger partial charge in [-0.25, -0.2) is 0 Å². The molecule has 0 spiro atoms. The molecule has 0 aliphatic heterocycles. The summed E-state index contributed by atoms with van der Waals surface area (Å²) in [5, 5.41) is 10.4. The van der Waals surface area contributed by atoms with Crippen LogP contribution in [0.4, 0.5) is 0 Å². The Morgan fingerprint density at radius 3 is 2.38 bits per heavy atom.